The van der Waals surface area contributed by atoms with Gasteiger partial charge < -0.3 is 10.6 Å². The second-order valence-corrected chi connectivity index (χ2v) is 5.91. The zero-order chi connectivity index (χ0) is 20.1. The molecule has 0 fully saturated rings. The summed E-state index contributed by atoms with van der Waals surface area (Å²) in [7, 11) is 0. The zero-order valence-electron chi connectivity index (χ0n) is 14.4. The van der Waals surface area contributed by atoms with Crippen LogP contribution in [0, 0.1) is 5.82 Å². The lowest BCUT2D eigenvalue weighted by atomic mass is 10.2. The fourth-order valence-electron chi connectivity index (χ4n) is 2.48. The van der Waals surface area contributed by atoms with Crippen molar-refractivity contribution in [3.63, 3.8) is 0 Å². The van der Waals surface area contributed by atoms with Crippen LogP contribution in [0.2, 0.25) is 0 Å². The van der Waals surface area contributed by atoms with Crippen molar-refractivity contribution in [1.82, 2.24) is 10.3 Å². The summed E-state index contributed by atoms with van der Waals surface area (Å²) >= 11 is 0. The number of halogens is 4. The summed E-state index contributed by atoms with van der Waals surface area (Å²) in [5, 5.41) is 5.37. The highest BCUT2D eigenvalue weighted by molar-refractivity contribution is 5.93. The number of rotatable bonds is 5. The van der Waals surface area contributed by atoms with Crippen LogP contribution >= 0.6 is 0 Å². The van der Waals surface area contributed by atoms with E-state index in [1.54, 1.807) is 18.2 Å². The number of nitrogens with zero attached hydrogens (tertiary/aromatic N) is 1. The maximum absolute atomic E-state index is 13.6. The van der Waals surface area contributed by atoms with E-state index in [0.29, 0.717) is 11.3 Å². The molecule has 1 heterocycles. The summed E-state index contributed by atoms with van der Waals surface area (Å²) in [4.78, 5) is 16.2. The first-order valence-electron chi connectivity index (χ1n) is 8.25. The zero-order valence-corrected chi connectivity index (χ0v) is 14.4. The molecule has 2 aromatic carbocycles. The lowest BCUT2D eigenvalue weighted by Gasteiger charge is -2.11. The molecule has 0 spiro atoms. The monoisotopic (exact) mass is 389 g/mol. The Morgan fingerprint density at radius 3 is 2.46 bits per heavy atom. The van der Waals surface area contributed by atoms with Gasteiger partial charge in [-0.3, -0.25) is 9.78 Å². The topological polar surface area (TPSA) is 54.0 Å². The second-order valence-electron chi connectivity index (χ2n) is 5.91. The lowest BCUT2D eigenvalue weighted by molar-refractivity contribution is -0.137. The van der Waals surface area contributed by atoms with Gasteiger partial charge in [0, 0.05) is 29.7 Å². The molecule has 1 amide bonds. The number of carbonyl (C=O) groups excluding carboxylic acids is 1. The molecule has 1 aromatic heterocycles. The maximum atomic E-state index is 13.6. The van der Waals surface area contributed by atoms with E-state index in [4.69, 9.17) is 0 Å². The van der Waals surface area contributed by atoms with Crippen LogP contribution in [0.25, 0.3) is 0 Å². The van der Waals surface area contributed by atoms with Gasteiger partial charge in [0.2, 0.25) is 0 Å². The third kappa shape index (κ3) is 4.85. The van der Waals surface area contributed by atoms with Crippen LogP contribution in [0.3, 0.4) is 0 Å². The molecular formula is C20H15F4N3O. The normalized spacial score (nSPS) is 11.1. The van der Waals surface area contributed by atoms with Crippen molar-refractivity contribution in [2.45, 2.75) is 12.7 Å². The molecule has 8 heteroatoms. The van der Waals surface area contributed by atoms with E-state index in [-0.39, 0.29) is 17.9 Å². The highest BCUT2D eigenvalue weighted by Crippen LogP contribution is 2.31. The van der Waals surface area contributed by atoms with Crippen LogP contribution in [-0.4, -0.2) is 10.9 Å². The molecule has 28 heavy (non-hydrogen) atoms. The summed E-state index contributed by atoms with van der Waals surface area (Å²) in [5.41, 5.74) is 0.209. The van der Waals surface area contributed by atoms with Gasteiger partial charge in [-0.2, -0.15) is 13.2 Å². The molecule has 0 unspecified atom stereocenters. The molecule has 0 saturated heterocycles. The predicted octanol–water partition coefficient (Wildman–Crippen LogP) is 4.91. The van der Waals surface area contributed by atoms with E-state index in [2.05, 4.69) is 15.6 Å². The minimum absolute atomic E-state index is 0.0154. The standard InChI is InChI=1S/C20H15F4N3O/c21-17-7-2-1-4-13(17)12-26-19(28)18-11-16(8-9-25-18)27-15-6-3-5-14(10-15)20(22,23)24/h1-11H,12H2,(H,25,27)(H,26,28). The number of alkyl halides is 3. The molecule has 2 N–H and O–H groups in total. The Hall–Kier alpha value is -3.42. The first kappa shape index (κ1) is 19.3. The van der Waals surface area contributed by atoms with Crippen molar-refractivity contribution in [3.05, 3.63) is 89.5 Å². The summed E-state index contributed by atoms with van der Waals surface area (Å²) in [6.45, 7) is -0.0154. The average molecular weight is 389 g/mol. The molecule has 0 bridgehead atoms. The van der Waals surface area contributed by atoms with Crippen molar-refractivity contribution < 1.29 is 22.4 Å². The van der Waals surface area contributed by atoms with E-state index in [1.165, 1.54) is 36.5 Å². The number of benzene rings is 2. The van der Waals surface area contributed by atoms with Crippen LogP contribution in [0.1, 0.15) is 21.6 Å². The number of aromatic nitrogens is 1. The molecule has 0 radical (unpaired) electrons. The summed E-state index contributed by atoms with van der Waals surface area (Å²) < 4.78 is 52.0. The fourth-order valence-corrected chi connectivity index (χ4v) is 2.48. The van der Waals surface area contributed by atoms with Crippen molar-refractivity contribution in [1.29, 1.82) is 0 Å². The van der Waals surface area contributed by atoms with E-state index in [0.717, 1.165) is 12.1 Å². The number of hydrogen-bond donors (Lipinski definition) is 2. The third-order valence-corrected chi connectivity index (χ3v) is 3.87. The van der Waals surface area contributed by atoms with Gasteiger partial charge in [-0.25, -0.2) is 4.39 Å². The van der Waals surface area contributed by atoms with Crippen LogP contribution < -0.4 is 10.6 Å². The minimum atomic E-state index is -4.45. The number of pyridine rings is 1. The first-order valence-corrected chi connectivity index (χ1v) is 8.25. The Kier molecular flexibility index (Phi) is 5.58. The van der Waals surface area contributed by atoms with Crippen LogP contribution in [0.4, 0.5) is 28.9 Å². The van der Waals surface area contributed by atoms with Crippen molar-refractivity contribution in [2.24, 2.45) is 0 Å². The van der Waals surface area contributed by atoms with Gasteiger partial charge in [0.05, 0.1) is 5.56 Å². The summed E-state index contributed by atoms with van der Waals surface area (Å²) in [5.74, 6) is -0.966. The SMILES string of the molecule is O=C(NCc1ccccc1F)c1cc(Nc2cccc(C(F)(F)F)c2)ccn1. The fraction of sp³-hybridized carbons (Fsp3) is 0.100. The Balaban J connectivity index is 1.70. The first-order chi connectivity index (χ1) is 13.3. The second kappa shape index (κ2) is 8.08. The molecule has 3 rings (SSSR count). The molecule has 0 atom stereocenters. The molecular weight excluding hydrogens is 374 g/mol. The Morgan fingerprint density at radius 2 is 1.71 bits per heavy atom. The van der Waals surface area contributed by atoms with Gasteiger partial charge in [0.25, 0.3) is 5.91 Å². The van der Waals surface area contributed by atoms with Gasteiger partial charge in [0.15, 0.2) is 0 Å². The molecule has 0 aliphatic carbocycles. The quantitative estimate of drug-likeness (QED) is 0.610. The molecule has 144 valence electrons. The van der Waals surface area contributed by atoms with Crippen molar-refractivity contribution >= 4 is 17.3 Å². The van der Waals surface area contributed by atoms with E-state index >= 15 is 0 Å². The van der Waals surface area contributed by atoms with Crippen LogP contribution in [0.15, 0.2) is 66.9 Å². The summed E-state index contributed by atoms with van der Waals surface area (Å²) in [6, 6.07) is 13.7. The van der Waals surface area contributed by atoms with E-state index in [9.17, 15) is 22.4 Å². The minimum Gasteiger partial charge on any atom is -0.355 e. The Morgan fingerprint density at radius 1 is 0.964 bits per heavy atom. The lowest BCUT2D eigenvalue weighted by Crippen LogP contribution is -2.24. The van der Waals surface area contributed by atoms with Gasteiger partial charge >= 0.3 is 6.18 Å². The smallest absolute Gasteiger partial charge is 0.355 e. The third-order valence-electron chi connectivity index (χ3n) is 3.87. The van der Waals surface area contributed by atoms with Crippen molar-refractivity contribution in [2.75, 3.05) is 5.32 Å². The molecule has 0 aliphatic rings. The number of nitrogens with one attached hydrogen (secondary N) is 2. The van der Waals surface area contributed by atoms with Gasteiger partial charge in [0.1, 0.15) is 11.5 Å². The number of carbonyl (C=O) groups is 1. The molecule has 0 saturated carbocycles. The van der Waals surface area contributed by atoms with Gasteiger partial charge in [-0.05, 0) is 36.4 Å². The Labute approximate surface area is 158 Å². The number of anilines is 2. The highest BCUT2D eigenvalue weighted by Gasteiger charge is 2.30. The number of amides is 1. The largest absolute Gasteiger partial charge is 0.416 e. The van der Waals surface area contributed by atoms with Gasteiger partial charge in [-0.15, -0.1) is 0 Å². The molecule has 3 aromatic rings. The average Bonchev–Trinajstić information content (AvgIpc) is 2.67. The Bertz CT molecular complexity index is 989. The predicted molar refractivity (Wildman–Crippen MR) is 96.5 cm³/mol. The van der Waals surface area contributed by atoms with E-state index < -0.39 is 23.5 Å². The van der Waals surface area contributed by atoms with Gasteiger partial charge in [-0.1, -0.05) is 24.3 Å². The molecule has 4 nitrogen and oxygen atoms in total. The summed E-state index contributed by atoms with van der Waals surface area (Å²) in [6.07, 6.45) is -3.10. The van der Waals surface area contributed by atoms with E-state index in [1.807, 2.05) is 0 Å². The highest BCUT2D eigenvalue weighted by atomic mass is 19.4. The van der Waals surface area contributed by atoms with Crippen LogP contribution in [-0.2, 0) is 12.7 Å². The van der Waals surface area contributed by atoms with Crippen LogP contribution in [0.5, 0.6) is 0 Å². The maximum Gasteiger partial charge on any atom is 0.416 e. The number of hydrogen-bond acceptors (Lipinski definition) is 3. The molecule has 0 aliphatic heterocycles. The van der Waals surface area contributed by atoms with Crippen molar-refractivity contribution in [3.8, 4) is 0 Å².